The molecule has 1 aliphatic rings. The maximum atomic E-state index is 6.46. The second kappa shape index (κ2) is 11.1. The van der Waals surface area contributed by atoms with Gasteiger partial charge in [0, 0.05) is 18.2 Å². The molecule has 3 heterocycles. The second-order valence-corrected chi connectivity index (χ2v) is 10.6. The molecule has 5 rings (SSSR count). The summed E-state index contributed by atoms with van der Waals surface area (Å²) in [5.41, 5.74) is 2.59. The van der Waals surface area contributed by atoms with Gasteiger partial charge in [-0.3, -0.25) is 0 Å². The molecule has 35 heavy (non-hydrogen) atoms. The first-order chi connectivity index (χ1) is 17.2. The summed E-state index contributed by atoms with van der Waals surface area (Å²) in [6, 6.07) is 26.1. The zero-order valence-electron chi connectivity index (χ0n) is 19.4. The van der Waals surface area contributed by atoms with Gasteiger partial charge in [-0.1, -0.05) is 71.5 Å². The molecule has 0 fully saturated rings. The number of aromatic nitrogens is 2. The van der Waals surface area contributed by atoms with Crippen molar-refractivity contribution in [3.8, 4) is 0 Å². The van der Waals surface area contributed by atoms with Gasteiger partial charge in [-0.15, -0.1) is 11.8 Å². The van der Waals surface area contributed by atoms with Crippen LogP contribution in [0.1, 0.15) is 33.3 Å². The fourth-order valence-corrected chi connectivity index (χ4v) is 6.30. The van der Waals surface area contributed by atoms with E-state index in [9.17, 15) is 0 Å². The topological polar surface area (TPSA) is 69.7 Å². The lowest BCUT2D eigenvalue weighted by atomic mass is 10.0. The molecule has 1 aliphatic heterocycles. The normalized spacial score (nSPS) is 18.2. The zero-order chi connectivity index (χ0) is 24.0. The minimum absolute atomic E-state index is 0.147. The van der Waals surface area contributed by atoms with Crippen LogP contribution in [0.25, 0.3) is 0 Å². The van der Waals surface area contributed by atoms with E-state index in [0.717, 1.165) is 26.7 Å². The van der Waals surface area contributed by atoms with Gasteiger partial charge < -0.3 is 14.0 Å². The van der Waals surface area contributed by atoms with Gasteiger partial charge in [0.25, 0.3) is 0 Å². The number of rotatable bonds is 9. The molecule has 0 saturated carbocycles. The molecular weight excluding hydrogens is 478 g/mol. The number of ether oxygens (including phenoxy) is 2. The molecule has 3 atom stereocenters. The molecule has 0 radical (unpaired) electrons. The van der Waals surface area contributed by atoms with Crippen LogP contribution in [0, 0.1) is 6.92 Å². The number of methoxy groups -OCH3 is 1. The van der Waals surface area contributed by atoms with Gasteiger partial charge in [0.2, 0.25) is 5.90 Å². The van der Waals surface area contributed by atoms with E-state index in [-0.39, 0.29) is 16.7 Å². The van der Waals surface area contributed by atoms with E-state index in [0.29, 0.717) is 18.3 Å². The van der Waals surface area contributed by atoms with Gasteiger partial charge in [-0.25, -0.2) is 9.98 Å². The first kappa shape index (κ1) is 23.7. The van der Waals surface area contributed by atoms with Crippen molar-refractivity contribution in [1.29, 1.82) is 0 Å². The van der Waals surface area contributed by atoms with Gasteiger partial charge in [-0.2, -0.15) is 0 Å². The molecule has 0 unspecified atom stereocenters. The van der Waals surface area contributed by atoms with Crippen molar-refractivity contribution in [1.82, 2.24) is 10.1 Å². The van der Waals surface area contributed by atoms with Crippen LogP contribution in [0.3, 0.4) is 0 Å². The lowest BCUT2D eigenvalue weighted by Crippen LogP contribution is -2.19. The number of hydrogen-bond donors (Lipinski definition) is 0. The van der Waals surface area contributed by atoms with Gasteiger partial charge in [-0.05, 0) is 36.8 Å². The zero-order valence-corrected chi connectivity index (χ0v) is 21.0. The van der Waals surface area contributed by atoms with E-state index in [2.05, 4.69) is 34.4 Å². The summed E-state index contributed by atoms with van der Waals surface area (Å²) < 4.78 is 17.7. The van der Waals surface area contributed by atoms with Crippen LogP contribution in [0.2, 0.25) is 0 Å². The van der Waals surface area contributed by atoms with E-state index in [1.807, 2.05) is 61.5 Å². The van der Waals surface area contributed by atoms with Crippen LogP contribution >= 0.6 is 23.5 Å². The highest BCUT2D eigenvalue weighted by molar-refractivity contribution is 8.16. The summed E-state index contributed by atoms with van der Waals surface area (Å²) in [6.45, 7) is 2.37. The fourth-order valence-electron chi connectivity index (χ4n) is 3.89. The van der Waals surface area contributed by atoms with Crippen molar-refractivity contribution in [2.24, 2.45) is 4.99 Å². The third kappa shape index (κ3) is 5.45. The number of pyridine rings is 1. The summed E-state index contributed by atoms with van der Waals surface area (Å²) in [4.78, 5) is 10.6. The summed E-state index contributed by atoms with van der Waals surface area (Å²) in [5.74, 6) is 1.24. The van der Waals surface area contributed by atoms with Crippen molar-refractivity contribution in [2.45, 2.75) is 33.6 Å². The smallest absolute Gasteiger partial charge is 0.222 e. The molecule has 4 aromatic rings. The molecule has 2 aromatic heterocycles. The van der Waals surface area contributed by atoms with Crippen molar-refractivity contribution >= 4 is 29.4 Å². The van der Waals surface area contributed by atoms with Crippen LogP contribution in [0.15, 0.2) is 104 Å². The minimum atomic E-state index is -0.239. The van der Waals surface area contributed by atoms with Crippen molar-refractivity contribution < 1.29 is 14.0 Å². The molecule has 0 bridgehead atoms. The molecule has 2 aromatic carbocycles. The highest BCUT2D eigenvalue weighted by Gasteiger charge is 2.37. The van der Waals surface area contributed by atoms with Gasteiger partial charge in [0.1, 0.15) is 16.2 Å². The average Bonchev–Trinajstić information content (AvgIpc) is 3.49. The number of hydrogen-bond acceptors (Lipinski definition) is 8. The van der Waals surface area contributed by atoms with Crippen LogP contribution in [0.5, 0.6) is 0 Å². The van der Waals surface area contributed by atoms with Crippen LogP contribution in [-0.4, -0.2) is 35.8 Å². The Bertz CT molecular complexity index is 1230. The maximum absolute atomic E-state index is 6.46. The summed E-state index contributed by atoms with van der Waals surface area (Å²) in [5, 5.41) is 5.22. The fraction of sp³-hybridized carbons (Fsp3) is 0.222. The maximum Gasteiger partial charge on any atom is 0.222 e. The monoisotopic (exact) mass is 503 g/mol. The summed E-state index contributed by atoms with van der Waals surface area (Å²) in [6.07, 6.45) is 1.56. The molecule has 0 saturated heterocycles. The van der Waals surface area contributed by atoms with Gasteiger partial charge >= 0.3 is 0 Å². The Morgan fingerprint density at radius 2 is 1.69 bits per heavy atom. The Hall–Kier alpha value is -3.07. The highest BCUT2D eigenvalue weighted by atomic mass is 32.2. The molecule has 0 aliphatic carbocycles. The SMILES string of the molecule is COC[C@@H]1N=C(c2c(C)noc2[C@H](Sc2ccccc2)Sc2ccccn2)O[C@H]1c1ccccc1. The van der Waals surface area contributed by atoms with E-state index >= 15 is 0 Å². The largest absolute Gasteiger partial charge is 0.467 e. The predicted molar refractivity (Wildman–Crippen MR) is 139 cm³/mol. The molecule has 0 N–H and O–H groups in total. The lowest BCUT2D eigenvalue weighted by molar-refractivity contribution is 0.120. The number of thioether (sulfide) groups is 2. The van der Waals surface area contributed by atoms with E-state index < -0.39 is 0 Å². The Morgan fingerprint density at radius 3 is 2.40 bits per heavy atom. The van der Waals surface area contributed by atoms with Crippen molar-refractivity contribution in [3.05, 3.63) is 108 Å². The highest BCUT2D eigenvalue weighted by Crippen LogP contribution is 2.48. The van der Waals surface area contributed by atoms with E-state index in [1.165, 1.54) is 0 Å². The molecule has 178 valence electrons. The summed E-state index contributed by atoms with van der Waals surface area (Å²) in [7, 11) is 1.68. The number of benzene rings is 2. The Kier molecular flexibility index (Phi) is 7.51. The molecular formula is C27H25N3O3S2. The molecule has 6 nitrogen and oxygen atoms in total. The van der Waals surface area contributed by atoms with Crippen LogP contribution in [-0.2, 0) is 9.47 Å². The molecule has 0 spiro atoms. The third-order valence-electron chi connectivity index (χ3n) is 5.51. The van der Waals surface area contributed by atoms with Crippen LogP contribution < -0.4 is 0 Å². The minimum Gasteiger partial charge on any atom is -0.467 e. The first-order valence-electron chi connectivity index (χ1n) is 11.3. The lowest BCUT2D eigenvalue weighted by Gasteiger charge is -2.18. The van der Waals surface area contributed by atoms with E-state index in [4.69, 9.17) is 19.0 Å². The van der Waals surface area contributed by atoms with Gasteiger partial charge in [0.05, 0.1) is 17.3 Å². The van der Waals surface area contributed by atoms with Crippen molar-refractivity contribution in [2.75, 3.05) is 13.7 Å². The standard InChI is InChI=1S/C27H25N3O3S2/c1-18-23(26-29-21(17-31-2)24(32-26)19-11-5-3-6-12-19)25(33-30-18)27(34-20-13-7-4-8-14-20)35-22-15-9-10-16-28-22/h3-16,21,24,27H,17H2,1-2H3/t21-,24-,27+/m0/s1. The van der Waals surface area contributed by atoms with Crippen molar-refractivity contribution in [3.63, 3.8) is 0 Å². The quantitative estimate of drug-likeness (QED) is 0.191. The Labute approximate surface area is 213 Å². The average molecular weight is 504 g/mol. The third-order valence-corrected chi connectivity index (χ3v) is 7.97. The predicted octanol–water partition coefficient (Wildman–Crippen LogP) is 6.49. The number of aryl methyl sites for hydroxylation is 1. The Morgan fingerprint density at radius 1 is 0.943 bits per heavy atom. The summed E-state index contributed by atoms with van der Waals surface area (Å²) >= 11 is 3.30. The van der Waals surface area contributed by atoms with Gasteiger partial charge in [0.15, 0.2) is 11.9 Å². The first-order valence-corrected chi connectivity index (χ1v) is 13.0. The van der Waals surface area contributed by atoms with E-state index in [1.54, 1.807) is 36.8 Å². The number of aliphatic imine (C=N–C) groups is 1. The molecule has 8 heteroatoms. The second-order valence-electron chi connectivity index (χ2n) is 7.96. The van der Waals surface area contributed by atoms with Crippen LogP contribution in [0.4, 0.5) is 0 Å². The number of nitrogens with zero attached hydrogens (tertiary/aromatic N) is 3. The Balaban J connectivity index is 1.51. The molecule has 0 amide bonds.